The molecule has 1 aromatic rings. The highest BCUT2D eigenvalue weighted by molar-refractivity contribution is 6.33. The molecule has 0 aliphatic carbocycles. The van der Waals surface area contributed by atoms with E-state index in [0.29, 0.717) is 6.04 Å². The predicted octanol–water partition coefficient (Wildman–Crippen LogP) is 2.93. The van der Waals surface area contributed by atoms with E-state index >= 15 is 0 Å². The number of carbonyl (C=O) groups is 1. The minimum absolute atomic E-state index is 0.142. The molecule has 5 heteroatoms. The number of hydrogen-bond donors (Lipinski definition) is 2. The first-order chi connectivity index (χ1) is 9.08. The smallest absolute Gasteiger partial charge is 0.337 e. The lowest BCUT2D eigenvalue weighted by Crippen LogP contribution is -2.40. The molecule has 4 nitrogen and oxygen atoms in total. The maximum Gasteiger partial charge on any atom is 0.337 e. The van der Waals surface area contributed by atoms with Crippen LogP contribution in [0.5, 0.6) is 0 Å². The van der Waals surface area contributed by atoms with Crippen molar-refractivity contribution in [2.75, 3.05) is 25.5 Å². The summed E-state index contributed by atoms with van der Waals surface area (Å²) in [6, 6.07) is 5.54. The third-order valence-electron chi connectivity index (χ3n) is 3.66. The van der Waals surface area contributed by atoms with Crippen LogP contribution in [0, 0.1) is 0 Å². The number of halogens is 1. The van der Waals surface area contributed by atoms with Gasteiger partial charge in [0.2, 0.25) is 0 Å². The Kier molecular flexibility index (Phi) is 4.66. The number of nitrogens with zero attached hydrogens (tertiary/aromatic N) is 1. The van der Waals surface area contributed by atoms with Gasteiger partial charge in [0, 0.05) is 18.3 Å². The Morgan fingerprint density at radius 1 is 1.53 bits per heavy atom. The number of likely N-dealkylation sites (tertiary alicyclic amines) is 1. The lowest BCUT2D eigenvalue weighted by Gasteiger charge is -2.32. The average Bonchev–Trinajstić information content (AvgIpc) is 2.39. The van der Waals surface area contributed by atoms with E-state index in [-0.39, 0.29) is 10.6 Å². The largest absolute Gasteiger partial charge is 0.478 e. The van der Waals surface area contributed by atoms with Crippen LogP contribution in [-0.2, 0) is 0 Å². The Bertz CT molecular complexity index is 465. The van der Waals surface area contributed by atoms with Crippen LogP contribution in [0.4, 0.5) is 5.69 Å². The molecule has 1 aromatic carbocycles. The van der Waals surface area contributed by atoms with Gasteiger partial charge in [0.05, 0.1) is 10.6 Å². The summed E-state index contributed by atoms with van der Waals surface area (Å²) < 4.78 is 0. The Hall–Kier alpha value is -1.26. The summed E-state index contributed by atoms with van der Waals surface area (Å²) in [6.45, 7) is 1.96. The van der Waals surface area contributed by atoms with Crippen molar-refractivity contribution in [1.29, 1.82) is 0 Å². The Labute approximate surface area is 118 Å². The van der Waals surface area contributed by atoms with Gasteiger partial charge in [0.15, 0.2) is 0 Å². The number of carboxylic acid groups (broad SMARTS) is 1. The van der Waals surface area contributed by atoms with Gasteiger partial charge in [-0.25, -0.2) is 4.79 Å². The second-order valence-corrected chi connectivity index (χ2v) is 5.42. The quantitative estimate of drug-likeness (QED) is 0.891. The number of aromatic carboxylic acids is 1. The number of likely N-dealkylation sites (N-methyl/N-ethyl adjacent to an activating group) is 1. The standard InChI is InChI=1S/C14H19ClN2O2/c1-17-7-3-2-4-11(17)9-16-10-5-6-13(15)12(8-10)14(18)19/h5-6,8,11,16H,2-4,7,9H2,1H3,(H,18,19). The third-order valence-corrected chi connectivity index (χ3v) is 3.99. The highest BCUT2D eigenvalue weighted by atomic mass is 35.5. The van der Waals surface area contributed by atoms with Crippen molar-refractivity contribution in [3.8, 4) is 0 Å². The molecule has 1 heterocycles. The lowest BCUT2D eigenvalue weighted by atomic mass is 10.0. The number of carboxylic acids is 1. The van der Waals surface area contributed by atoms with Gasteiger partial charge in [-0.15, -0.1) is 0 Å². The van der Waals surface area contributed by atoms with Crippen LogP contribution in [0.25, 0.3) is 0 Å². The van der Waals surface area contributed by atoms with Crippen molar-refractivity contribution in [3.05, 3.63) is 28.8 Å². The summed E-state index contributed by atoms with van der Waals surface area (Å²) in [5.74, 6) is -0.997. The Morgan fingerprint density at radius 2 is 2.32 bits per heavy atom. The van der Waals surface area contributed by atoms with E-state index < -0.39 is 5.97 Å². The number of nitrogens with one attached hydrogen (secondary N) is 1. The maximum absolute atomic E-state index is 11.0. The summed E-state index contributed by atoms with van der Waals surface area (Å²) in [4.78, 5) is 13.4. The monoisotopic (exact) mass is 282 g/mol. The van der Waals surface area contributed by atoms with Crippen molar-refractivity contribution in [2.45, 2.75) is 25.3 Å². The summed E-state index contributed by atoms with van der Waals surface area (Å²) in [6.07, 6.45) is 3.71. The molecule has 0 saturated carbocycles. The number of benzene rings is 1. The van der Waals surface area contributed by atoms with Crippen molar-refractivity contribution in [3.63, 3.8) is 0 Å². The van der Waals surface area contributed by atoms with Crippen molar-refractivity contribution < 1.29 is 9.90 Å². The van der Waals surface area contributed by atoms with Crippen molar-refractivity contribution in [2.24, 2.45) is 0 Å². The molecule has 1 aliphatic rings. The Morgan fingerprint density at radius 3 is 3.00 bits per heavy atom. The second kappa shape index (κ2) is 6.26. The van der Waals surface area contributed by atoms with Gasteiger partial charge < -0.3 is 15.3 Å². The highest BCUT2D eigenvalue weighted by Crippen LogP contribution is 2.21. The predicted molar refractivity (Wildman–Crippen MR) is 77.2 cm³/mol. The number of anilines is 1. The molecule has 19 heavy (non-hydrogen) atoms. The van der Waals surface area contributed by atoms with Gasteiger partial charge in [-0.2, -0.15) is 0 Å². The molecule has 2 N–H and O–H groups in total. The fourth-order valence-electron chi connectivity index (χ4n) is 2.44. The molecule has 1 atom stereocenters. The van der Waals surface area contributed by atoms with E-state index in [1.165, 1.54) is 19.3 Å². The van der Waals surface area contributed by atoms with Gasteiger partial charge in [0.25, 0.3) is 0 Å². The summed E-state index contributed by atoms with van der Waals surface area (Å²) in [7, 11) is 2.13. The molecule has 0 amide bonds. The molecule has 1 fully saturated rings. The lowest BCUT2D eigenvalue weighted by molar-refractivity contribution is 0.0697. The summed E-state index contributed by atoms with van der Waals surface area (Å²) in [5.41, 5.74) is 0.949. The van der Waals surface area contributed by atoms with Crippen LogP contribution < -0.4 is 5.32 Å². The fraction of sp³-hybridized carbons (Fsp3) is 0.500. The first kappa shape index (κ1) is 14.2. The van der Waals surface area contributed by atoms with E-state index in [4.69, 9.17) is 16.7 Å². The van der Waals surface area contributed by atoms with E-state index in [1.54, 1.807) is 12.1 Å². The molecule has 1 unspecified atom stereocenters. The zero-order valence-corrected chi connectivity index (χ0v) is 11.8. The fourth-order valence-corrected chi connectivity index (χ4v) is 2.64. The normalized spacial score (nSPS) is 20.2. The van der Waals surface area contributed by atoms with Crippen LogP contribution in [0.2, 0.25) is 5.02 Å². The second-order valence-electron chi connectivity index (χ2n) is 5.01. The topological polar surface area (TPSA) is 52.6 Å². The summed E-state index contributed by atoms with van der Waals surface area (Å²) >= 11 is 5.85. The zero-order chi connectivity index (χ0) is 13.8. The number of rotatable bonds is 4. The first-order valence-corrected chi connectivity index (χ1v) is 6.92. The van der Waals surface area contributed by atoms with Crippen LogP contribution in [-0.4, -0.2) is 42.2 Å². The van der Waals surface area contributed by atoms with Crippen LogP contribution >= 0.6 is 11.6 Å². The van der Waals surface area contributed by atoms with E-state index in [2.05, 4.69) is 17.3 Å². The van der Waals surface area contributed by atoms with Crippen LogP contribution in [0.3, 0.4) is 0 Å². The molecule has 0 bridgehead atoms. The van der Waals surface area contributed by atoms with E-state index in [0.717, 1.165) is 18.8 Å². The molecule has 104 valence electrons. The molecular formula is C14H19ClN2O2. The van der Waals surface area contributed by atoms with Crippen molar-refractivity contribution in [1.82, 2.24) is 4.90 Å². The minimum atomic E-state index is -0.997. The van der Waals surface area contributed by atoms with Gasteiger partial charge in [-0.1, -0.05) is 18.0 Å². The van der Waals surface area contributed by atoms with E-state index in [1.807, 2.05) is 6.07 Å². The molecule has 0 radical (unpaired) electrons. The van der Waals surface area contributed by atoms with Gasteiger partial charge in [0.1, 0.15) is 0 Å². The molecular weight excluding hydrogens is 264 g/mol. The first-order valence-electron chi connectivity index (χ1n) is 6.55. The van der Waals surface area contributed by atoms with Crippen LogP contribution in [0.15, 0.2) is 18.2 Å². The van der Waals surface area contributed by atoms with Crippen LogP contribution in [0.1, 0.15) is 29.6 Å². The summed E-state index contributed by atoms with van der Waals surface area (Å²) in [5, 5.41) is 12.6. The maximum atomic E-state index is 11.0. The minimum Gasteiger partial charge on any atom is -0.478 e. The zero-order valence-electron chi connectivity index (χ0n) is 11.0. The van der Waals surface area contributed by atoms with Gasteiger partial charge in [-0.3, -0.25) is 0 Å². The molecule has 0 aromatic heterocycles. The van der Waals surface area contributed by atoms with Gasteiger partial charge >= 0.3 is 5.97 Å². The molecule has 1 saturated heterocycles. The number of piperidine rings is 1. The molecule has 1 aliphatic heterocycles. The number of hydrogen-bond acceptors (Lipinski definition) is 3. The highest BCUT2D eigenvalue weighted by Gasteiger charge is 2.18. The third kappa shape index (κ3) is 3.61. The SMILES string of the molecule is CN1CCCCC1CNc1ccc(Cl)c(C(=O)O)c1. The molecule has 0 spiro atoms. The molecule has 2 rings (SSSR count). The van der Waals surface area contributed by atoms with Crippen molar-refractivity contribution >= 4 is 23.3 Å². The van der Waals surface area contributed by atoms with E-state index in [9.17, 15) is 4.79 Å². The van der Waals surface area contributed by atoms with Gasteiger partial charge in [-0.05, 0) is 44.6 Å². The average molecular weight is 283 g/mol. The Balaban J connectivity index is 1.99.